The summed E-state index contributed by atoms with van der Waals surface area (Å²) >= 11 is 0. The predicted molar refractivity (Wildman–Crippen MR) is 177 cm³/mol. The highest BCUT2D eigenvalue weighted by molar-refractivity contribution is 5.98. The minimum atomic E-state index is -1.08. The molecule has 0 unspecified atom stereocenters. The molecule has 4 amide bonds. The van der Waals surface area contributed by atoms with Crippen LogP contribution >= 0.6 is 0 Å². The van der Waals surface area contributed by atoms with E-state index in [9.17, 15) is 24.0 Å². The number of carbonyl (C=O) groups excluding carboxylic acids is 5. The largest absolute Gasteiger partial charge is 0.459 e. The number of hydrogen-bond acceptors (Lipinski definition) is 7. The summed E-state index contributed by atoms with van der Waals surface area (Å²) in [6.45, 7) is -0.427. The predicted octanol–water partition coefficient (Wildman–Crippen LogP) is 1.14. The summed E-state index contributed by atoms with van der Waals surface area (Å²) in [7, 11) is 0. The number of esters is 1. The maximum Gasteiger partial charge on any atom is 0.320 e. The molecule has 48 heavy (non-hydrogen) atoms. The molecule has 6 rings (SSSR count). The first-order valence-corrected chi connectivity index (χ1v) is 16.0. The number of hydrogen-bond donors (Lipinski definition) is 5. The lowest BCUT2D eigenvalue weighted by Crippen LogP contribution is -2.62. The van der Waals surface area contributed by atoms with Crippen LogP contribution in [0.15, 0.2) is 91.1 Å². The van der Waals surface area contributed by atoms with Crippen LogP contribution in [-0.4, -0.2) is 82.8 Å². The Morgan fingerprint density at radius 2 is 1.29 bits per heavy atom. The van der Waals surface area contributed by atoms with E-state index in [0.717, 1.165) is 27.6 Å². The number of rotatable bonds is 8. The number of para-hydroxylation sites is 1. The molecule has 5 atom stereocenters. The van der Waals surface area contributed by atoms with E-state index in [1.165, 1.54) is 4.90 Å². The number of nitrogens with zero attached hydrogens (tertiary/aromatic N) is 1. The summed E-state index contributed by atoms with van der Waals surface area (Å²) in [4.78, 5) is 73.2. The molecule has 12 nitrogen and oxygen atoms in total. The number of ether oxygens (including phenoxy) is 1. The third-order valence-corrected chi connectivity index (χ3v) is 8.86. The average Bonchev–Trinajstić information content (AvgIpc) is 3.71. The summed E-state index contributed by atoms with van der Waals surface area (Å²) < 4.78 is 5.46. The second kappa shape index (κ2) is 14.5. The van der Waals surface area contributed by atoms with Crippen LogP contribution in [-0.2, 0) is 48.0 Å². The summed E-state index contributed by atoms with van der Waals surface area (Å²) in [6, 6.07) is 21.7. The van der Waals surface area contributed by atoms with Crippen molar-refractivity contribution in [1.82, 2.24) is 25.8 Å². The Labute approximate surface area is 277 Å². The van der Waals surface area contributed by atoms with Crippen molar-refractivity contribution in [3.05, 3.63) is 108 Å². The van der Waals surface area contributed by atoms with Gasteiger partial charge in [0.25, 0.3) is 0 Å². The highest BCUT2D eigenvalue weighted by Crippen LogP contribution is 2.24. The van der Waals surface area contributed by atoms with Gasteiger partial charge >= 0.3 is 5.97 Å². The first kappa shape index (κ1) is 32.5. The maximum absolute atomic E-state index is 14.3. The molecule has 2 aliphatic heterocycles. The van der Waals surface area contributed by atoms with Crippen LogP contribution in [0.25, 0.3) is 10.9 Å². The summed E-state index contributed by atoms with van der Waals surface area (Å²) in [6.07, 6.45) is 1.42. The molecule has 2 saturated heterocycles. The third kappa shape index (κ3) is 7.39. The van der Waals surface area contributed by atoms with Gasteiger partial charge in [0.1, 0.15) is 30.3 Å². The van der Waals surface area contributed by atoms with Crippen molar-refractivity contribution in [1.29, 1.82) is 0 Å². The van der Waals surface area contributed by atoms with Crippen molar-refractivity contribution in [2.75, 3.05) is 13.1 Å². The maximum atomic E-state index is 14.3. The molecular weight excluding hydrogens is 612 g/mol. The average molecular weight is 651 g/mol. The molecule has 0 radical (unpaired) electrons. The van der Waals surface area contributed by atoms with Crippen LogP contribution in [0, 0.1) is 0 Å². The normalized spacial score (nSPS) is 23.4. The Balaban J connectivity index is 1.38. The minimum absolute atomic E-state index is 0.0121. The molecule has 3 aromatic carbocycles. The van der Waals surface area contributed by atoms with Crippen LogP contribution in [0.4, 0.5) is 0 Å². The lowest BCUT2D eigenvalue weighted by Gasteiger charge is -2.32. The lowest BCUT2D eigenvalue weighted by molar-refractivity contribution is -0.147. The molecular formula is C36H38N6O6. The molecule has 0 bridgehead atoms. The molecule has 0 aliphatic carbocycles. The van der Waals surface area contributed by atoms with Gasteiger partial charge in [-0.2, -0.15) is 0 Å². The molecule has 2 aliphatic rings. The van der Waals surface area contributed by atoms with Crippen molar-refractivity contribution in [3.63, 3.8) is 0 Å². The summed E-state index contributed by atoms with van der Waals surface area (Å²) in [5, 5.41) is 9.55. The van der Waals surface area contributed by atoms with Gasteiger partial charge in [-0.25, -0.2) is 0 Å². The van der Waals surface area contributed by atoms with Gasteiger partial charge in [-0.15, -0.1) is 0 Å². The van der Waals surface area contributed by atoms with Gasteiger partial charge in [0.15, 0.2) is 0 Å². The SMILES string of the molecule is NCC(=O)O[C@@H]1C[C@@H]2C(=O)N[C@@H](Cc3ccccc3)C(=O)N[C@H](Cc3c[nH]c4ccccc34)C(=O)N[C@@H](Cc3ccccc3)C(=O)N2C1. The molecule has 248 valence electrons. The van der Waals surface area contributed by atoms with Crippen molar-refractivity contribution in [2.24, 2.45) is 5.73 Å². The van der Waals surface area contributed by atoms with Crippen molar-refractivity contribution in [2.45, 2.75) is 56.0 Å². The number of aromatic nitrogens is 1. The fourth-order valence-electron chi connectivity index (χ4n) is 6.46. The van der Waals surface area contributed by atoms with Crippen molar-refractivity contribution in [3.8, 4) is 0 Å². The third-order valence-electron chi connectivity index (χ3n) is 8.86. The van der Waals surface area contributed by atoms with E-state index < -0.39 is 59.9 Å². The molecule has 0 spiro atoms. The Hall–Kier alpha value is -5.49. The topological polar surface area (TPSA) is 176 Å². The fraction of sp³-hybridized carbons (Fsp3) is 0.306. The Morgan fingerprint density at radius 3 is 1.96 bits per heavy atom. The van der Waals surface area contributed by atoms with E-state index in [4.69, 9.17) is 10.5 Å². The number of aromatic amines is 1. The van der Waals surface area contributed by atoms with E-state index in [1.807, 2.05) is 84.9 Å². The zero-order chi connectivity index (χ0) is 33.6. The zero-order valence-corrected chi connectivity index (χ0v) is 26.3. The Bertz CT molecular complexity index is 1790. The number of nitrogens with one attached hydrogen (secondary N) is 4. The molecule has 0 saturated carbocycles. The van der Waals surface area contributed by atoms with E-state index in [2.05, 4.69) is 20.9 Å². The molecule has 6 N–H and O–H groups in total. The highest BCUT2D eigenvalue weighted by atomic mass is 16.5. The van der Waals surface area contributed by atoms with Crippen LogP contribution in [0.1, 0.15) is 23.1 Å². The van der Waals surface area contributed by atoms with Crippen molar-refractivity contribution >= 4 is 40.5 Å². The Morgan fingerprint density at radius 1 is 0.729 bits per heavy atom. The van der Waals surface area contributed by atoms with Gasteiger partial charge < -0.3 is 36.3 Å². The first-order valence-electron chi connectivity index (χ1n) is 16.0. The number of fused-ring (bicyclic) bond motifs is 2. The van der Waals surface area contributed by atoms with Crippen molar-refractivity contribution < 1.29 is 28.7 Å². The monoisotopic (exact) mass is 650 g/mol. The van der Waals surface area contributed by atoms with Gasteiger partial charge in [-0.3, -0.25) is 24.0 Å². The quantitative estimate of drug-likeness (QED) is 0.178. The van der Waals surface area contributed by atoms with E-state index in [0.29, 0.717) is 0 Å². The number of nitrogens with two attached hydrogens (primary N) is 1. The first-order chi connectivity index (χ1) is 23.3. The smallest absolute Gasteiger partial charge is 0.320 e. The van der Waals surface area contributed by atoms with Gasteiger partial charge in [0, 0.05) is 42.8 Å². The molecule has 12 heteroatoms. The fourth-order valence-corrected chi connectivity index (χ4v) is 6.46. The number of H-pyrrole nitrogens is 1. The van der Waals surface area contributed by atoms with Gasteiger partial charge in [-0.05, 0) is 22.8 Å². The van der Waals surface area contributed by atoms with Crippen LogP contribution in [0.3, 0.4) is 0 Å². The van der Waals surface area contributed by atoms with Gasteiger partial charge in [0.05, 0.1) is 13.1 Å². The molecule has 4 aromatic rings. The van der Waals surface area contributed by atoms with Gasteiger partial charge in [0.2, 0.25) is 23.6 Å². The molecule has 1 aromatic heterocycles. The molecule has 2 fully saturated rings. The summed E-state index contributed by atoms with van der Waals surface area (Å²) in [5.74, 6) is -2.83. The zero-order valence-electron chi connectivity index (χ0n) is 26.3. The minimum Gasteiger partial charge on any atom is -0.459 e. The van der Waals surface area contributed by atoms with Crippen LogP contribution < -0.4 is 21.7 Å². The number of benzene rings is 3. The summed E-state index contributed by atoms with van der Waals surface area (Å²) in [5.41, 5.74) is 8.73. The van der Waals surface area contributed by atoms with Crippen LogP contribution in [0.5, 0.6) is 0 Å². The Kier molecular flexibility index (Phi) is 9.81. The second-order valence-electron chi connectivity index (χ2n) is 12.2. The van der Waals surface area contributed by atoms with E-state index in [1.54, 1.807) is 6.20 Å². The lowest BCUT2D eigenvalue weighted by atomic mass is 9.99. The number of carbonyl (C=O) groups is 5. The van der Waals surface area contributed by atoms with E-state index >= 15 is 0 Å². The second-order valence-corrected chi connectivity index (χ2v) is 12.2. The van der Waals surface area contributed by atoms with Crippen LogP contribution in [0.2, 0.25) is 0 Å². The highest BCUT2D eigenvalue weighted by Gasteiger charge is 2.45. The van der Waals surface area contributed by atoms with Gasteiger partial charge in [-0.1, -0.05) is 78.9 Å². The molecule has 3 heterocycles. The standard InChI is InChI=1S/C36H38N6O6/c37-19-32(43)48-25-18-31-35(46)40-28(15-22-9-3-1-4-10-22)33(44)39-29(17-24-20-38-27-14-8-7-13-26(24)27)34(45)41-30(36(47)42(31)21-25)16-23-11-5-2-6-12-23/h1-14,20,25,28-31,38H,15-19,21,37H2,(H,39,44)(H,40,46)(H,41,45)/t25-,28+,29-,30+,31-/m1/s1. The van der Waals surface area contributed by atoms with E-state index in [-0.39, 0.29) is 38.8 Å². The number of amides is 4.